The Kier molecular flexibility index (Phi) is 7.09. The molecule has 0 aromatic heterocycles. The molecule has 0 aliphatic carbocycles. The zero-order valence-electron chi connectivity index (χ0n) is 12.3. The largest absolute Gasteiger partial charge is 0.340 e. The number of benzene rings is 1. The van der Waals surface area contributed by atoms with Crippen LogP contribution in [0.3, 0.4) is 0 Å². The monoisotopic (exact) mass is 284 g/mol. The summed E-state index contributed by atoms with van der Waals surface area (Å²) in [4.78, 5) is 14.0. The lowest BCUT2D eigenvalue weighted by molar-refractivity contribution is -0.135. The van der Waals surface area contributed by atoms with Crippen LogP contribution in [-0.4, -0.2) is 23.4 Å². The fourth-order valence-corrected chi connectivity index (χ4v) is 2.18. The van der Waals surface area contributed by atoms with Crippen molar-refractivity contribution in [2.45, 2.75) is 45.7 Å². The zero-order chi connectivity index (χ0) is 13.8. The molecule has 0 bridgehead atoms. The molecule has 0 spiro atoms. The smallest absolute Gasteiger partial charge is 0.242 e. The van der Waals surface area contributed by atoms with Gasteiger partial charge in [0.2, 0.25) is 5.91 Å². The summed E-state index contributed by atoms with van der Waals surface area (Å²) in [5.74, 6) is 0.00704. The van der Waals surface area contributed by atoms with Crippen molar-refractivity contribution < 1.29 is 4.79 Å². The van der Waals surface area contributed by atoms with Crippen molar-refractivity contribution in [1.29, 1.82) is 0 Å². The van der Waals surface area contributed by atoms with Crippen molar-refractivity contribution >= 4 is 18.3 Å². The fourth-order valence-electron chi connectivity index (χ4n) is 2.18. The summed E-state index contributed by atoms with van der Waals surface area (Å²) in [6, 6.07) is 8.10. The quantitative estimate of drug-likeness (QED) is 0.904. The van der Waals surface area contributed by atoms with Gasteiger partial charge in [0.25, 0.3) is 0 Å². The zero-order valence-corrected chi connectivity index (χ0v) is 13.1. The fraction of sp³-hybridized carbons (Fsp3) is 0.533. The van der Waals surface area contributed by atoms with E-state index in [-0.39, 0.29) is 18.3 Å². The van der Waals surface area contributed by atoms with Crippen LogP contribution < -0.4 is 5.73 Å². The molecule has 0 saturated carbocycles. The van der Waals surface area contributed by atoms with Crippen molar-refractivity contribution in [3.63, 3.8) is 0 Å². The minimum atomic E-state index is -0.758. The van der Waals surface area contributed by atoms with Crippen molar-refractivity contribution in [3.8, 4) is 0 Å². The molecular formula is C15H25ClN2O. The number of likely N-dealkylation sites (N-methyl/N-ethyl adjacent to an activating group) is 1. The number of rotatable bonds is 5. The van der Waals surface area contributed by atoms with E-state index in [2.05, 4.69) is 13.0 Å². The molecule has 2 N–H and O–H groups in total. The average Bonchev–Trinajstić information content (AvgIpc) is 2.31. The highest BCUT2D eigenvalue weighted by Crippen LogP contribution is 2.15. The van der Waals surface area contributed by atoms with Crippen LogP contribution in [0.2, 0.25) is 0 Å². The minimum Gasteiger partial charge on any atom is -0.340 e. The normalized spacial score (nSPS) is 13.3. The van der Waals surface area contributed by atoms with E-state index < -0.39 is 5.54 Å². The highest BCUT2D eigenvalue weighted by Gasteiger charge is 2.30. The van der Waals surface area contributed by atoms with E-state index in [0.717, 1.165) is 6.42 Å². The van der Waals surface area contributed by atoms with Gasteiger partial charge in [0, 0.05) is 13.6 Å². The van der Waals surface area contributed by atoms with E-state index in [1.807, 2.05) is 39.1 Å². The Morgan fingerprint density at radius 2 is 1.95 bits per heavy atom. The Hall–Kier alpha value is -1.06. The van der Waals surface area contributed by atoms with Crippen LogP contribution in [0.4, 0.5) is 0 Å². The maximum Gasteiger partial charge on any atom is 0.242 e. The summed E-state index contributed by atoms with van der Waals surface area (Å²) in [6.07, 6.45) is 1.63. The molecule has 0 heterocycles. The maximum atomic E-state index is 12.3. The van der Waals surface area contributed by atoms with E-state index >= 15 is 0 Å². The first-order chi connectivity index (χ1) is 8.38. The molecule has 0 aliphatic heterocycles. The SMILES string of the molecule is CCCC(C)(N)C(=O)N(C)Cc1ccccc1C.Cl. The highest BCUT2D eigenvalue weighted by atomic mass is 35.5. The molecule has 0 aliphatic rings. The molecule has 0 radical (unpaired) electrons. The Balaban J connectivity index is 0.00000324. The molecule has 1 unspecified atom stereocenters. The summed E-state index contributed by atoms with van der Waals surface area (Å²) in [6.45, 7) is 6.52. The van der Waals surface area contributed by atoms with Gasteiger partial charge in [-0.2, -0.15) is 0 Å². The predicted molar refractivity (Wildman–Crippen MR) is 82.4 cm³/mol. The van der Waals surface area contributed by atoms with Gasteiger partial charge in [-0.25, -0.2) is 0 Å². The molecule has 1 amide bonds. The number of halogens is 1. The van der Waals surface area contributed by atoms with Crippen LogP contribution in [0.1, 0.15) is 37.8 Å². The first kappa shape index (κ1) is 17.9. The van der Waals surface area contributed by atoms with Gasteiger partial charge >= 0.3 is 0 Å². The third-order valence-corrected chi connectivity index (χ3v) is 3.27. The van der Waals surface area contributed by atoms with Gasteiger partial charge in [-0.05, 0) is 31.4 Å². The van der Waals surface area contributed by atoms with Crippen molar-refractivity contribution in [2.75, 3.05) is 7.05 Å². The number of hydrogen-bond donors (Lipinski definition) is 1. The van der Waals surface area contributed by atoms with Crippen LogP contribution in [0.5, 0.6) is 0 Å². The van der Waals surface area contributed by atoms with Gasteiger partial charge in [0.1, 0.15) is 0 Å². The van der Waals surface area contributed by atoms with Gasteiger partial charge in [0.05, 0.1) is 5.54 Å². The molecular weight excluding hydrogens is 260 g/mol. The van der Waals surface area contributed by atoms with Crippen LogP contribution in [-0.2, 0) is 11.3 Å². The van der Waals surface area contributed by atoms with E-state index in [1.165, 1.54) is 11.1 Å². The minimum absolute atomic E-state index is 0. The third-order valence-electron chi connectivity index (χ3n) is 3.27. The molecule has 108 valence electrons. The second kappa shape index (κ2) is 7.51. The van der Waals surface area contributed by atoms with E-state index in [4.69, 9.17) is 5.73 Å². The van der Waals surface area contributed by atoms with Gasteiger partial charge in [-0.15, -0.1) is 12.4 Å². The molecule has 0 fully saturated rings. The molecule has 3 nitrogen and oxygen atoms in total. The number of amides is 1. The Labute approximate surface area is 122 Å². The highest BCUT2D eigenvalue weighted by molar-refractivity contribution is 5.85. The number of nitrogens with two attached hydrogens (primary N) is 1. The second-order valence-electron chi connectivity index (χ2n) is 5.26. The number of carbonyl (C=O) groups excluding carboxylic acids is 1. The van der Waals surface area contributed by atoms with E-state index in [9.17, 15) is 4.79 Å². The van der Waals surface area contributed by atoms with Crippen molar-refractivity contribution in [2.24, 2.45) is 5.73 Å². The number of hydrogen-bond acceptors (Lipinski definition) is 2. The van der Waals surface area contributed by atoms with Crippen molar-refractivity contribution in [1.82, 2.24) is 4.90 Å². The lowest BCUT2D eigenvalue weighted by atomic mass is 9.95. The predicted octanol–water partition coefficient (Wildman–Crippen LogP) is 2.89. The van der Waals surface area contributed by atoms with Crippen molar-refractivity contribution in [3.05, 3.63) is 35.4 Å². The average molecular weight is 285 g/mol. The number of nitrogens with zero attached hydrogens (tertiary/aromatic N) is 1. The van der Waals surface area contributed by atoms with Crippen LogP contribution in [0, 0.1) is 6.92 Å². The lowest BCUT2D eigenvalue weighted by Gasteiger charge is -2.29. The van der Waals surface area contributed by atoms with Crippen LogP contribution >= 0.6 is 12.4 Å². The second-order valence-corrected chi connectivity index (χ2v) is 5.26. The first-order valence-electron chi connectivity index (χ1n) is 6.47. The van der Waals surface area contributed by atoms with Gasteiger partial charge in [-0.3, -0.25) is 4.79 Å². The Bertz CT molecular complexity index is 418. The maximum absolute atomic E-state index is 12.3. The van der Waals surface area contributed by atoms with Gasteiger partial charge in [-0.1, -0.05) is 37.6 Å². The topological polar surface area (TPSA) is 46.3 Å². The summed E-state index contributed by atoms with van der Waals surface area (Å²) in [5, 5.41) is 0. The van der Waals surface area contributed by atoms with Gasteiger partial charge in [0.15, 0.2) is 0 Å². The number of carbonyl (C=O) groups is 1. The molecule has 4 heteroatoms. The molecule has 0 saturated heterocycles. The molecule has 1 atom stereocenters. The van der Waals surface area contributed by atoms with E-state index in [1.54, 1.807) is 4.90 Å². The standard InChI is InChI=1S/C15H24N2O.ClH/c1-5-10-15(3,16)14(18)17(4)11-13-9-7-6-8-12(13)2;/h6-9H,5,10-11,16H2,1-4H3;1H. The molecule has 1 aromatic rings. The molecule has 19 heavy (non-hydrogen) atoms. The summed E-state index contributed by atoms with van der Waals surface area (Å²) in [7, 11) is 1.82. The first-order valence-corrected chi connectivity index (χ1v) is 6.47. The Morgan fingerprint density at radius 1 is 1.37 bits per heavy atom. The molecule has 1 aromatic carbocycles. The van der Waals surface area contributed by atoms with Crippen LogP contribution in [0.25, 0.3) is 0 Å². The van der Waals surface area contributed by atoms with E-state index in [0.29, 0.717) is 13.0 Å². The van der Waals surface area contributed by atoms with Gasteiger partial charge < -0.3 is 10.6 Å². The third kappa shape index (κ3) is 4.84. The van der Waals surface area contributed by atoms with Crippen LogP contribution in [0.15, 0.2) is 24.3 Å². The summed E-state index contributed by atoms with van der Waals surface area (Å²) in [5.41, 5.74) is 7.68. The Morgan fingerprint density at radius 3 is 2.47 bits per heavy atom. The molecule has 1 rings (SSSR count). The summed E-state index contributed by atoms with van der Waals surface area (Å²) < 4.78 is 0. The summed E-state index contributed by atoms with van der Waals surface area (Å²) >= 11 is 0. The number of aryl methyl sites for hydroxylation is 1. The lowest BCUT2D eigenvalue weighted by Crippen LogP contribution is -2.51.